The second kappa shape index (κ2) is 9.44. The van der Waals surface area contributed by atoms with Crippen molar-refractivity contribution in [3.63, 3.8) is 0 Å². The van der Waals surface area contributed by atoms with Crippen LogP contribution < -0.4 is 15.8 Å². The highest BCUT2D eigenvalue weighted by Gasteiger charge is 2.15. The fourth-order valence-corrected chi connectivity index (χ4v) is 3.28. The number of sulfonamides is 1. The van der Waals surface area contributed by atoms with Gasteiger partial charge in [-0.05, 0) is 29.8 Å². The van der Waals surface area contributed by atoms with Crippen molar-refractivity contribution in [2.75, 3.05) is 26.8 Å². The van der Waals surface area contributed by atoms with E-state index >= 15 is 0 Å². The van der Waals surface area contributed by atoms with Crippen molar-refractivity contribution >= 4 is 15.9 Å². The van der Waals surface area contributed by atoms with Gasteiger partial charge in [0.05, 0.1) is 11.5 Å². The molecule has 0 radical (unpaired) electrons. The molecule has 1 amide bonds. The fourth-order valence-electron chi connectivity index (χ4n) is 2.27. The Bertz CT molecular complexity index is 808. The van der Waals surface area contributed by atoms with Crippen LogP contribution >= 0.6 is 0 Å². The van der Waals surface area contributed by atoms with Gasteiger partial charge in [0.15, 0.2) is 0 Å². The van der Waals surface area contributed by atoms with Gasteiger partial charge >= 0.3 is 0 Å². The summed E-state index contributed by atoms with van der Waals surface area (Å²) in [5.41, 5.74) is 7.34. The van der Waals surface area contributed by atoms with E-state index in [0.29, 0.717) is 5.56 Å². The molecule has 7 nitrogen and oxygen atoms in total. The highest BCUT2D eigenvalue weighted by Crippen LogP contribution is 2.11. The molecule has 140 valence electrons. The molecule has 2 rings (SSSR count). The average Bonchev–Trinajstić information content (AvgIpc) is 2.66. The molecule has 0 saturated carbocycles. The molecule has 0 spiro atoms. The predicted molar refractivity (Wildman–Crippen MR) is 99.2 cm³/mol. The third-order valence-corrected chi connectivity index (χ3v) is 5.21. The minimum Gasteiger partial charge on any atom is -0.383 e. The molecule has 0 aromatic heterocycles. The summed E-state index contributed by atoms with van der Waals surface area (Å²) in [6, 6.07) is 14.9. The second-order valence-corrected chi connectivity index (χ2v) is 7.41. The lowest BCUT2D eigenvalue weighted by molar-refractivity contribution is 0.0951. The molecule has 0 bridgehead atoms. The smallest absolute Gasteiger partial charge is 0.251 e. The number of hydrogen-bond donors (Lipinski definition) is 3. The molecule has 0 aliphatic rings. The zero-order valence-electron chi connectivity index (χ0n) is 14.5. The van der Waals surface area contributed by atoms with E-state index in [9.17, 15) is 13.2 Å². The molecule has 0 fully saturated rings. The number of methoxy groups -OCH3 is 1. The monoisotopic (exact) mass is 377 g/mol. The first-order valence-corrected chi connectivity index (χ1v) is 9.60. The van der Waals surface area contributed by atoms with Gasteiger partial charge in [0.2, 0.25) is 10.0 Å². The quantitative estimate of drug-likeness (QED) is 0.566. The Morgan fingerprint density at radius 3 is 2.38 bits per heavy atom. The van der Waals surface area contributed by atoms with Gasteiger partial charge in [-0.25, -0.2) is 13.1 Å². The summed E-state index contributed by atoms with van der Waals surface area (Å²) in [5.74, 6) is -0.312. The van der Waals surface area contributed by atoms with E-state index in [4.69, 9.17) is 10.5 Å². The molecule has 26 heavy (non-hydrogen) atoms. The number of carbonyl (C=O) groups is 1. The van der Waals surface area contributed by atoms with Crippen molar-refractivity contribution in [2.24, 2.45) is 5.73 Å². The van der Waals surface area contributed by atoms with E-state index in [2.05, 4.69) is 10.0 Å². The number of carbonyl (C=O) groups excluding carboxylic acids is 1. The van der Waals surface area contributed by atoms with Crippen LogP contribution in [0.2, 0.25) is 0 Å². The number of rotatable bonds is 9. The molecule has 4 N–H and O–H groups in total. The number of benzene rings is 2. The van der Waals surface area contributed by atoms with Gasteiger partial charge in [0, 0.05) is 31.8 Å². The fraction of sp³-hybridized carbons (Fsp3) is 0.278. The van der Waals surface area contributed by atoms with Crippen molar-refractivity contribution in [1.29, 1.82) is 0 Å². The third kappa shape index (κ3) is 5.63. The summed E-state index contributed by atoms with van der Waals surface area (Å²) in [6.07, 6.45) is 0. The molecule has 0 aliphatic carbocycles. The minimum absolute atomic E-state index is 0.0890. The Hall–Kier alpha value is -2.26. The number of nitrogens with one attached hydrogen (secondary N) is 2. The Morgan fingerprint density at radius 1 is 1.12 bits per heavy atom. The largest absolute Gasteiger partial charge is 0.383 e. The van der Waals surface area contributed by atoms with Gasteiger partial charge in [0.1, 0.15) is 0 Å². The molecular weight excluding hydrogens is 354 g/mol. The molecular formula is C18H23N3O4S. The lowest BCUT2D eigenvalue weighted by Crippen LogP contribution is -2.32. The Balaban J connectivity index is 1.94. The van der Waals surface area contributed by atoms with E-state index in [1.807, 2.05) is 30.3 Å². The van der Waals surface area contributed by atoms with Crippen molar-refractivity contribution in [3.8, 4) is 0 Å². The van der Waals surface area contributed by atoms with Crippen LogP contribution in [-0.2, 0) is 14.8 Å². The highest BCUT2D eigenvalue weighted by molar-refractivity contribution is 7.89. The Labute approximate surface area is 153 Å². The van der Waals surface area contributed by atoms with Crippen molar-refractivity contribution in [3.05, 3.63) is 65.7 Å². The van der Waals surface area contributed by atoms with Crippen LogP contribution in [-0.4, -0.2) is 41.1 Å². The van der Waals surface area contributed by atoms with Crippen LogP contribution in [0.1, 0.15) is 22.0 Å². The van der Waals surface area contributed by atoms with E-state index in [-0.39, 0.29) is 36.5 Å². The van der Waals surface area contributed by atoms with E-state index in [1.54, 1.807) is 0 Å². The Morgan fingerprint density at radius 2 is 1.77 bits per heavy atom. The lowest BCUT2D eigenvalue weighted by atomic mass is 10.1. The number of ether oxygens (including phenoxy) is 1. The maximum absolute atomic E-state index is 12.2. The normalized spacial score (nSPS) is 12.5. The van der Waals surface area contributed by atoms with Crippen LogP contribution in [0.25, 0.3) is 0 Å². The van der Waals surface area contributed by atoms with Crippen LogP contribution in [0.15, 0.2) is 59.5 Å². The van der Waals surface area contributed by atoms with Crippen molar-refractivity contribution in [1.82, 2.24) is 10.0 Å². The maximum Gasteiger partial charge on any atom is 0.251 e. The van der Waals surface area contributed by atoms with Gasteiger partial charge < -0.3 is 15.8 Å². The standard InChI is InChI=1S/C18H23N3O4S/c1-25-12-11-21-26(23,24)16-9-7-15(8-10-16)18(22)20-13-17(19)14-5-3-2-4-6-14/h2-10,17,21H,11-13,19H2,1H3,(H,20,22). The van der Waals surface area contributed by atoms with Crippen molar-refractivity contribution in [2.45, 2.75) is 10.9 Å². The van der Waals surface area contributed by atoms with Crippen LogP contribution in [0.3, 0.4) is 0 Å². The summed E-state index contributed by atoms with van der Waals surface area (Å²) in [7, 11) is -2.13. The van der Waals surface area contributed by atoms with Gasteiger partial charge in [-0.1, -0.05) is 30.3 Å². The first-order chi connectivity index (χ1) is 12.4. The lowest BCUT2D eigenvalue weighted by Gasteiger charge is -2.13. The number of nitrogens with two attached hydrogens (primary N) is 1. The maximum atomic E-state index is 12.2. The summed E-state index contributed by atoms with van der Waals surface area (Å²) >= 11 is 0. The molecule has 8 heteroatoms. The minimum atomic E-state index is -3.62. The van der Waals surface area contributed by atoms with Crippen LogP contribution in [0.5, 0.6) is 0 Å². The van der Waals surface area contributed by atoms with E-state index < -0.39 is 10.0 Å². The third-order valence-electron chi connectivity index (χ3n) is 3.74. The molecule has 1 atom stereocenters. The number of amides is 1. The molecule has 1 unspecified atom stereocenters. The van der Waals surface area contributed by atoms with Crippen LogP contribution in [0.4, 0.5) is 0 Å². The number of hydrogen-bond acceptors (Lipinski definition) is 5. The van der Waals surface area contributed by atoms with E-state index in [1.165, 1.54) is 31.4 Å². The topological polar surface area (TPSA) is 111 Å². The summed E-state index contributed by atoms with van der Waals surface area (Å²) in [6.45, 7) is 0.737. The summed E-state index contributed by atoms with van der Waals surface area (Å²) < 4.78 is 31.4. The zero-order valence-corrected chi connectivity index (χ0v) is 15.3. The van der Waals surface area contributed by atoms with Gasteiger partial charge in [-0.3, -0.25) is 4.79 Å². The van der Waals surface area contributed by atoms with Gasteiger partial charge in [-0.15, -0.1) is 0 Å². The van der Waals surface area contributed by atoms with Gasteiger partial charge in [0.25, 0.3) is 5.91 Å². The highest BCUT2D eigenvalue weighted by atomic mass is 32.2. The first kappa shape index (κ1) is 20.1. The molecule has 0 heterocycles. The molecule has 0 aliphatic heterocycles. The SMILES string of the molecule is COCCNS(=O)(=O)c1ccc(C(=O)NCC(N)c2ccccc2)cc1. The summed E-state index contributed by atoms with van der Waals surface area (Å²) in [5, 5.41) is 2.75. The van der Waals surface area contributed by atoms with Crippen LogP contribution in [0, 0.1) is 0 Å². The molecule has 2 aromatic rings. The van der Waals surface area contributed by atoms with Gasteiger partial charge in [-0.2, -0.15) is 0 Å². The average molecular weight is 377 g/mol. The first-order valence-electron chi connectivity index (χ1n) is 8.11. The predicted octanol–water partition coefficient (Wildman–Crippen LogP) is 1.04. The summed E-state index contributed by atoms with van der Waals surface area (Å²) in [4.78, 5) is 12.3. The van der Waals surface area contributed by atoms with Crippen molar-refractivity contribution < 1.29 is 17.9 Å². The zero-order chi connectivity index (χ0) is 19.0. The Kier molecular flexibility index (Phi) is 7.28. The molecule has 2 aromatic carbocycles. The second-order valence-electron chi connectivity index (χ2n) is 5.64. The molecule has 0 saturated heterocycles. The van der Waals surface area contributed by atoms with E-state index in [0.717, 1.165) is 5.56 Å².